The first-order valence-corrected chi connectivity index (χ1v) is 9.51. The van der Waals surface area contributed by atoms with Gasteiger partial charge in [-0.25, -0.2) is 0 Å². The van der Waals surface area contributed by atoms with Gasteiger partial charge in [-0.1, -0.05) is 37.0 Å². The van der Waals surface area contributed by atoms with Crippen molar-refractivity contribution in [3.63, 3.8) is 0 Å². The average Bonchev–Trinajstić information content (AvgIpc) is 2.67. The van der Waals surface area contributed by atoms with E-state index < -0.39 is 0 Å². The summed E-state index contributed by atoms with van der Waals surface area (Å²) < 4.78 is 10.6. The van der Waals surface area contributed by atoms with Gasteiger partial charge in [0.1, 0.15) is 11.5 Å². The summed E-state index contributed by atoms with van der Waals surface area (Å²) in [5.41, 5.74) is 1.61. The lowest BCUT2D eigenvalue weighted by atomic mass is 10.1. The highest BCUT2D eigenvalue weighted by atomic mass is 35.5. The van der Waals surface area contributed by atoms with E-state index in [1.165, 1.54) is 20.3 Å². The first kappa shape index (κ1) is 22.6. The van der Waals surface area contributed by atoms with Crippen molar-refractivity contribution in [3.8, 4) is 11.5 Å². The number of anilines is 2. The van der Waals surface area contributed by atoms with Gasteiger partial charge < -0.3 is 20.1 Å². The van der Waals surface area contributed by atoms with Gasteiger partial charge >= 0.3 is 0 Å². The number of hydrogen-bond donors (Lipinski definition) is 2. The molecule has 0 spiro atoms. The topological polar surface area (TPSA) is 76.7 Å². The van der Waals surface area contributed by atoms with Crippen LogP contribution in [0.2, 0.25) is 10.0 Å². The summed E-state index contributed by atoms with van der Waals surface area (Å²) in [6, 6.07) is 8.16. The van der Waals surface area contributed by atoms with E-state index >= 15 is 0 Å². The van der Waals surface area contributed by atoms with Crippen molar-refractivity contribution >= 4 is 52.5 Å². The number of carbonyl (C=O) groups excluding carboxylic acids is 2. The van der Waals surface area contributed by atoms with Gasteiger partial charge in [0.2, 0.25) is 11.8 Å². The first-order valence-electron chi connectivity index (χ1n) is 8.76. The van der Waals surface area contributed by atoms with Gasteiger partial charge in [0.25, 0.3) is 0 Å². The Morgan fingerprint density at radius 3 is 2.38 bits per heavy atom. The minimum absolute atomic E-state index is 0.128. The van der Waals surface area contributed by atoms with Gasteiger partial charge in [0.05, 0.1) is 24.9 Å². The van der Waals surface area contributed by atoms with Gasteiger partial charge in [-0.3, -0.25) is 9.59 Å². The third-order valence-corrected chi connectivity index (χ3v) is 4.41. The van der Waals surface area contributed by atoms with E-state index in [4.69, 9.17) is 32.7 Å². The summed E-state index contributed by atoms with van der Waals surface area (Å²) >= 11 is 12.1. The molecule has 8 heteroatoms. The summed E-state index contributed by atoms with van der Waals surface area (Å²) in [6.07, 6.45) is 2.89. The summed E-state index contributed by atoms with van der Waals surface area (Å²) in [7, 11) is 2.97. The molecule has 2 aromatic carbocycles. The fraction of sp³-hybridized carbons (Fsp3) is 0.238. The number of ether oxygens (including phenoxy) is 2. The van der Waals surface area contributed by atoms with Crippen molar-refractivity contribution in [3.05, 3.63) is 52.0 Å². The first-order chi connectivity index (χ1) is 13.7. The molecule has 0 saturated carbocycles. The van der Waals surface area contributed by atoms with Gasteiger partial charge in [0, 0.05) is 34.3 Å². The zero-order valence-corrected chi connectivity index (χ0v) is 18.0. The molecule has 2 amide bonds. The highest BCUT2D eigenvalue weighted by molar-refractivity contribution is 6.36. The Kier molecular flexibility index (Phi) is 7.93. The second kappa shape index (κ2) is 10.2. The molecule has 6 nitrogen and oxygen atoms in total. The average molecular weight is 437 g/mol. The number of hydrogen-bond acceptors (Lipinski definition) is 4. The largest absolute Gasteiger partial charge is 0.495 e. The number of rotatable bonds is 7. The molecule has 2 rings (SSSR count). The molecule has 0 atom stereocenters. The summed E-state index contributed by atoms with van der Waals surface area (Å²) in [5, 5.41) is 6.29. The zero-order valence-electron chi connectivity index (χ0n) is 16.5. The lowest BCUT2D eigenvalue weighted by Gasteiger charge is -2.13. The molecule has 2 aromatic rings. The van der Waals surface area contributed by atoms with Crippen LogP contribution in [-0.2, 0) is 9.59 Å². The van der Waals surface area contributed by atoms with Crippen LogP contribution in [0.1, 0.15) is 19.4 Å². The van der Waals surface area contributed by atoms with Crippen LogP contribution in [0.3, 0.4) is 0 Å². The number of halogens is 2. The maximum Gasteiger partial charge on any atom is 0.248 e. The van der Waals surface area contributed by atoms with E-state index in [1.54, 1.807) is 50.3 Å². The van der Waals surface area contributed by atoms with Crippen LogP contribution in [0.4, 0.5) is 11.4 Å². The maximum absolute atomic E-state index is 12.3. The third kappa shape index (κ3) is 6.14. The van der Waals surface area contributed by atoms with Crippen LogP contribution >= 0.6 is 23.2 Å². The molecule has 2 N–H and O–H groups in total. The molecule has 0 saturated heterocycles. The number of amides is 2. The van der Waals surface area contributed by atoms with Crippen molar-refractivity contribution in [2.24, 2.45) is 5.92 Å². The van der Waals surface area contributed by atoms with Crippen molar-refractivity contribution in [1.82, 2.24) is 0 Å². The van der Waals surface area contributed by atoms with Crippen LogP contribution in [0.5, 0.6) is 11.5 Å². The smallest absolute Gasteiger partial charge is 0.248 e. The Bertz CT molecular complexity index is 943. The highest BCUT2D eigenvalue weighted by Crippen LogP contribution is 2.33. The molecule has 0 fully saturated rings. The minimum atomic E-state index is -0.371. The van der Waals surface area contributed by atoms with Gasteiger partial charge in [-0.05, 0) is 30.3 Å². The van der Waals surface area contributed by atoms with Gasteiger partial charge in [-0.2, -0.15) is 0 Å². The van der Waals surface area contributed by atoms with Crippen LogP contribution in [0, 0.1) is 5.92 Å². The number of methoxy groups -OCH3 is 2. The Morgan fingerprint density at radius 2 is 1.76 bits per heavy atom. The normalized spacial score (nSPS) is 10.9. The Morgan fingerprint density at radius 1 is 1.03 bits per heavy atom. The number of carbonyl (C=O) groups is 2. The van der Waals surface area contributed by atoms with Crippen LogP contribution < -0.4 is 20.1 Å². The van der Waals surface area contributed by atoms with Crippen LogP contribution in [-0.4, -0.2) is 26.0 Å². The fourth-order valence-corrected chi connectivity index (χ4v) is 3.00. The zero-order chi connectivity index (χ0) is 21.6. The molecule has 154 valence electrons. The van der Waals surface area contributed by atoms with Gasteiger partial charge in [-0.15, -0.1) is 0 Å². The predicted octanol–water partition coefficient (Wildman–Crippen LogP) is 5.26. The van der Waals surface area contributed by atoms with E-state index in [0.717, 1.165) is 0 Å². The van der Waals surface area contributed by atoms with E-state index in [0.29, 0.717) is 38.5 Å². The monoisotopic (exact) mass is 436 g/mol. The van der Waals surface area contributed by atoms with Crippen molar-refractivity contribution < 1.29 is 19.1 Å². The second-order valence-electron chi connectivity index (χ2n) is 6.39. The molecule has 0 aromatic heterocycles. The number of benzene rings is 2. The maximum atomic E-state index is 12.3. The lowest BCUT2D eigenvalue weighted by molar-refractivity contribution is -0.119. The van der Waals surface area contributed by atoms with Crippen molar-refractivity contribution in [1.29, 1.82) is 0 Å². The van der Waals surface area contributed by atoms with E-state index in [2.05, 4.69) is 10.6 Å². The quantitative estimate of drug-likeness (QED) is 0.580. The van der Waals surface area contributed by atoms with Crippen molar-refractivity contribution in [2.75, 3.05) is 24.9 Å². The summed E-state index contributed by atoms with van der Waals surface area (Å²) in [6.45, 7) is 3.59. The number of nitrogens with one attached hydrogen (secondary N) is 2. The summed E-state index contributed by atoms with van der Waals surface area (Å²) in [4.78, 5) is 24.2. The Balaban J connectivity index is 2.15. The minimum Gasteiger partial charge on any atom is -0.495 e. The molecule has 0 radical (unpaired) electrons. The Hall–Kier alpha value is -2.70. The molecule has 0 aliphatic carbocycles. The molecule has 0 aliphatic heterocycles. The molecule has 0 heterocycles. The van der Waals surface area contributed by atoms with Crippen molar-refractivity contribution in [2.45, 2.75) is 13.8 Å². The molecular formula is C21H22Cl2N2O4. The van der Waals surface area contributed by atoms with E-state index in [1.807, 2.05) is 0 Å². The molecule has 29 heavy (non-hydrogen) atoms. The van der Waals surface area contributed by atoms with E-state index in [-0.39, 0.29) is 17.7 Å². The third-order valence-electron chi connectivity index (χ3n) is 3.91. The second-order valence-corrected chi connectivity index (χ2v) is 7.24. The predicted molar refractivity (Wildman–Crippen MR) is 117 cm³/mol. The van der Waals surface area contributed by atoms with Gasteiger partial charge in [0.15, 0.2) is 0 Å². The SMILES string of the molecule is COc1cc(NC(=O)C=Cc2cc(Cl)cc(Cl)c2OC)ccc1NC(=O)C(C)C. The van der Waals surface area contributed by atoms with Crippen LogP contribution in [0.25, 0.3) is 6.08 Å². The summed E-state index contributed by atoms with van der Waals surface area (Å²) in [5.74, 6) is 0.193. The Labute approximate surface area is 179 Å². The lowest BCUT2D eigenvalue weighted by Crippen LogP contribution is -2.18. The molecule has 0 aliphatic rings. The molecule has 0 unspecified atom stereocenters. The fourth-order valence-electron chi connectivity index (χ4n) is 2.42. The standard InChI is InChI=1S/C21H22Cl2N2O4/c1-12(2)21(27)25-17-7-6-15(11-18(17)28-3)24-19(26)8-5-13-9-14(22)10-16(23)20(13)29-4/h5-12H,1-4H3,(H,24,26)(H,25,27). The molecule has 0 bridgehead atoms. The van der Waals surface area contributed by atoms with Crippen LogP contribution in [0.15, 0.2) is 36.4 Å². The molecular weight excluding hydrogens is 415 g/mol. The van der Waals surface area contributed by atoms with E-state index in [9.17, 15) is 9.59 Å². The highest BCUT2D eigenvalue weighted by Gasteiger charge is 2.12.